The van der Waals surface area contributed by atoms with Gasteiger partial charge in [0.2, 0.25) is 0 Å². The minimum absolute atomic E-state index is 0.0383. The third-order valence-corrected chi connectivity index (χ3v) is 3.25. The lowest BCUT2D eigenvalue weighted by atomic mass is 10.3. The molecule has 1 aliphatic carbocycles. The summed E-state index contributed by atoms with van der Waals surface area (Å²) in [5.41, 5.74) is 6.24. The third-order valence-electron chi connectivity index (χ3n) is 2.27. The Kier molecular flexibility index (Phi) is 2.41. The SMILES string of the molecule is Cc1nc(N)sc1C(=O)NCC1CC1. The van der Waals surface area contributed by atoms with Gasteiger partial charge in [-0.3, -0.25) is 4.79 Å². The summed E-state index contributed by atoms with van der Waals surface area (Å²) in [6, 6.07) is 0. The number of hydrogen-bond donors (Lipinski definition) is 2. The predicted molar refractivity (Wildman–Crippen MR) is 56.3 cm³/mol. The number of nitrogens with zero attached hydrogens (tertiary/aromatic N) is 1. The van der Waals surface area contributed by atoms with Crippen LogP contribution in [0.5, 0.6) is 0 Å². The van der Waals surface area contributed by atoms with E-state index in [1.807, 2.05) is 0 Å². The Hall–Kier alpha value is -1.10. The second-order valence-electron chi connectivity index (χ2n) is 3.62. The lowest BCUT2D eigenvalue weighted by Crippen LogP contribution is -2.25. The quantitative estimate of drug-likeness (QED) is 0.788. The topological polar surface area (TPSA) is 68.0 Å². The summed E-state index contributed by atoms with van der Waals surface area (Å²) in [5.74, 6) is 0.660. The minimum Gasteiger partial charge on any atom is -0.375 e. The fourth-order valence-electron chi connectivity index (χ4n) is 1.27. The smallest absolute Gasteiger partial charge is 0.263 e. The summed E-state index contributed by atoms with van der Waals surface area (Å²) in [6.45, 7) is 2.59. The van der Waals surface area contributed by atoms with Crippen LogP contribution in [0.2, 0.25) is 0 Å². The maximum atomic E-state index is 11.6. The van der Waals surface area contributed by atoms with Crippen molar-refractivity contribution in [1.82, 2.24) is 10.3 Å². The first kappa shape index (κ1) is 9.45. The average Bonchev–Trinajstić information content (AvgIpc) is 2.88. The zero-order valence-electron chi connectivity index (χ0n) is 8.04. The van der Waals surface area contributed by atoms with E-state index in [-0.39, 0.29) is 5.91 Å². The van der Waals surface area contributed by atoms with Crippen LogP contribution in [0.25, 0.3) is 0 Å². The van der Waals surface area contributed by atoms with Crippen LogP contribution in [0.15, 0.2) is 0 Å². The molecule has 76 valence electrons. The van der Waals surface area contributed by atoms with Crippen molar-refractivity contribution in [2.24, 2.45) is 5.92 Å². The van der Waals surface area contributed by atoms with E-state index < -0.39 is 0 Å². The van der Waals surface area contributed by atoms with E-state index in [1.165, 1.54) is 24.2 Å². The van der Waals surface area contributed by atoms with Crippen molar-refractivity contribution in [3.8, 4) is 0 Å². The molecule has 2 rings (SSSR count). The van der Waals surface area contributed by atoms with E-state index in [4.69, 9.17) is 5.73 Å². The number of aromatic nitrogens is 1. The van der Waals surface area contributed by atoms with Crippen molar-refractivity contribution in [1.29, 1.82) is 0 Å². The van der Waals surface area contributed by atoms with Gasteiger partial charge in [0.05, 0.1) is 5.69 Å². The molecule has 0 aliphatic heterocycles. The number of nitrogens with two attached hydrogens (primary N) is 1. The number of thiazole rings is 1. The van der Waals surface area contributed by atoms with Gasteiger partial charge in [-0.1, -0.05) is 11.3 Å². The van der Waals surface area contributed by atoms with Crippen molar-refractivity contribution in [2.75, 3.05) is 12.3 Å². The summed E-state index contributed by atoms with van der Waals surface area (Å²) in [7, 11) is 0. The molecule has 3 N–H and O–H groups in total. The van der Waals surface area contributed by atoms with Gasteiger partial charge in [0.1, 0.15) is 4.88 Å². The highest BCUT2D eigenvalue weighted by molar-refractivity contribution is 7.17. The van der Waals surface area contributed by atoms with Gasteiger partial charge in [-0.05, 0) is 25.7 Å². The fraction of sp³-hybridized carbons (Fsp3) is 0.556. The lowest BCUT2D eigenvalue weighted by Gasteiger charge is -2.01. The van der Waals surface area contributed by atoms with Crippen LogP contribution in [-0.2, 0) is 0 Å². The second kappa shape index (κ2) is 3.57. The molecule has 14 heavy (non-hydrogen) atoms. The van der Waals surface area contributed by atoms with Gasteiger partial charge in [-0.15, -0.1) is 0 Å². The van der Waals surface area contributed by atoms with Gasteiger partial charge in [0, 0.05) is 6.54 Å². The first-order valence-electron chi connectivity index (χ1n) is 4.68. The van der Waals surface area contributed by atoms with E-state index in [1.54, 1.807) is 6.92 Å². The molecule has 1 aliphatic rings. The zero-order chi connectivity index (χ0) is 10.1. The molecule has 1 fully saturated rings. The molecule has 0 atom stereocenters. The largest absolute Gasteiger partial charge is 0.375 e. The molecule has 0 saturated heterocycles. The van der Waals surface area contributed by atoms with Gasteiger partial charge in [-0.25, -0.2) is 4.98 Å². The number of nitrogen functional groups attached to an aromatic ring is 1. The first-order valence-corrected chi connectivity index (χ1v) is 5.49. The number of anilines is 1. The highest BCUT2D eigenvalue weighted by Crippen LogP contribution is 2.28. The number of carbonyl (C=O) groups is 1. The number of carbonyl (C=O) groups excluding carboxylic acids is 1. The normalized spacial score (nSPS) is 15.5. The van der Waals surface area contributed by atoms with Crippen molar-refractivity contribution >= 4 is 22.4 Å². The molecule has 0 bridgehead atoms. The number of amides is 1. The Morgan fingerprint density at radius 2 is 2.43 bits per heavy atom. The van der Waals surface area contributed by atoms with Crippen molar-refractivity contribution in [3.05, 3.63) is 10.6 Å². The van der Waals surface area contributed by atoms with Gasteiger partial charge < -0.3 is 11.1 Å². The molecule has 1 saturated carbocycles. The summed E-state index contributed by atoms with van der Waals surface area (Å²) in [4.78, 5) is 16.3. The lowest BCUT2D eigenvalue weighted by molar-refractivity contribution is 0.0955. The van der Waals surface area contributed by atoms with Gasteiger partial charge in [0.25, 0.3) is 5.91 Å². The van der Waals surface area contributed by atoms with Crippen LogP contribution >= 0.6 is 11.3 Å². The Morgan fingerprint density at radius 1 is 1.71 bits per heavy atom. The Balaban J connectivity index is 1.98. The summed E-state index contributed by atoms with van der Waals surface area (Å²) in [6.07, 6.45) is 2.48. The first-order chi connectivity index (χ1) is 6.66. The standard InChI is InChI=1S/C9H13N3OS/c1-5-7(14-9(10)12-5)8(13)11-4-6-2-3-6/h6H,2-4H2,1H3,(H2,10,12)(H,11,13). The van der Waals surface area contributed by atoms with Crippen LogP contribution in [-0.4, -0.2) is 17.4 Å². The molecule has 1 aromatic heterocycles. The highest BCUT2D eigenvalue weighted by Gasteiger charge is 2.22. The predicted octanol–water partition coefficient (Wildman–Crippen LogP) is 1.17. The molecular formula is C9H13N3OS. The van der Waals surface area contributed by atoms with E-state index >= 15 is 0 Å². The number of hydrogen-bond acceptors (Lipinski definition) is 4. The molecule has 1 heterocycles. The van der Waals surface area contributed by atoms with Crippen LogP contribution in [0.1, 0.15) is 28.2 Å². The molecule has 4 nitrogen and oxygen atoms in total. The highest BCUT2D eigenvalue weighted by atomic mass is 32.1. The van der Waals surface area contributed by atoms with Crippen LogP contribution in [0.3, 0.4) is 0 Å². The molecule has 0 radical (unpaired) electrons. The molecular weight excluding hydrogens is 198 g/mol. The number of aryl methyl sites for hydroxylation is 1. The maximum absolute atomic E-state index is 11.6. The van der Waals surface area contributed by atoms with Crippen molar-refractivity contribution in [3.63, 3.8) is 0 Å². The van der Waals surface area contributed by atoms with Gasteiger partial charge in [0.15, 0.2) is 5.13 Å². The van der Waals surface area contributed by atoms with E-state index in [0.29, 0.717) is 15.9 Å². The fourth-order valence-corrected chi connectivity index (χ4v) is 2.02. The Morgan fingerprint density at radius 3 is 2.93 bits per heavy atom. The monoisotopic (exact) mass is 211 g/mol. The van der Waals surface area contributed by atoms with Crippen molar-refractivity contribution < 1.29 is 4.79 Å². The molecule has 0 aromatic carbocycles. The second-order valence-corrected chi connectivity index (χ2v) is 4.65. The van der Waals surface area contributed by atoms with Crippen LogP contribution in [0.4, 0.5) is 5.13 Å². The van der Waals surface area contributed by atoms with Crippen molar-refractivity contribution in [2.45, 2.75) is 19.8 Å². The maximum Gasteiger partial charge on any atom is 0.263 e. The molecule has 1 aromatic rings. The summed E-state index contributed by atoms with van der Waals surface area (Å²) >= 11 is 1.25. The third kappa shape index (κ3) is 2.04. The van der Waals surface area contributed by atoms with E-state index in [0.717, 1.165) is 12.2 Å². The van der Waals surface area contributed by atoms with Crippen LogP contribution < -0.4 is 11.1 Å². The minimum atomic E-state index is -0.0383. The van der Waals surface area contributed by atoms with Crippen LogP contribution in [0, 0.1) is 12.8 Å². The molecule has 5 heteroatoms. The zero-order valence-corrected chi connectivity index (χ0v) is 8.86. The molecule has 1 amide bonds. The number of rotatable bonds is 3. The molecule has 0 spiro atoms. The van der Waals surface area contributed by atoms with Gasteiger partial charge in [-0.2, -0.15) is 0 Å². The number of nitrogens with one attached hydrogen (secondary N) is 1. The Bertz CT molecular complexity index is 357. The van der Waals surface area contributed by atoms with E-state index in [9.17, 15) is 4.79 Å². The summed E-state index contributed by atoms with van der Waals surface area (Å²) < 4.78 is 0. The Labute approximate surface area is 86.5 Å². The average molecular weight is 211 g/mol. The summed E-state index contributed by atoms with van der Waals surface area (Å²) in [5, 5.41) is 3.35. The molecule has 0 unspecified atom stereocenters. The van der Waals surface area contributed by atoms with Gasteiger partial charge >= 0.3 is 0 Å². The van der Waals surface area contributed by atoms with E-state index in [2.05, 4.69) is 10.3 Å².